The van der Waals surface area contributed by atoms with Crippen molar-refractivity contribution >= 4 is 5.69 Å². The van der Waals surface area contributed by atoms with E-state index in [1.807, 2.05) is 0 Å². The standard InChI is InChI=1S/C19H25N/c1-5-6-17-8-10-18(11-9-17)16(4)20-19-12-7-14(2)15(3)13-19/h7-13,16,20H,5-6H2,1-4H3. The third-order valence-electron chi connectivity index (χ3n) is 3.91. The average molecular weight is 267 g/mol. The number of nitrogens with one attached hydrogen (secondary N) is 1. The van der Waals surface area contributed by atoms with E-state index in [1.54, 1.807) is 0 Å². The number of aryl methyl sites for hydroxylation is 3. The first-order valence-corrected chi connectivity index (χ1v) is 7.52. The van der Waals surface area contributed by atoms with Gasteiger partial charge in [-0.3, -0.25) is 0 Å². The van der Waals surface area contributed by atoms with Crippen molar-refractivity contribution in [3.8, 4) is 0 Å². The second-order valence-corrected chi connectivity index (χ2v) is 5.66. The van der Waals surface area contributed by atoms with Crippen LogP contribution in [0.1, 0.15) is 48.6 Å². The van der Waals surface area contributed by atoms with Crippen molar-refractivity contribution in [2.24, 2.45) is 0 Å². The average Bonchev–Trinajstić information content (AvgIpc) is 2.44. The maximum atomic E-state index is 3.58. The Morgan fingerprint density at radius 3 is 2.25 bits per heavy atom. The highest BCUT2D eigenvalue weighted by atomic mass is 14.9. The lowest BCUT2D eigenvalue weighted by Gasteiger charge is -2.17. The molecule has 0 amide bonds. The van der Waals surface area contributed by atoms with Crippen molar-refractivity contribution in [2.75, 3.05) is 5.32 Å². The molecule has 106 valence electrons. The van der Waals surface area contributed by atoms with Gasteiger partial charge in [0.05, 0.1) is 0 Å². The highest BCUT2D eigenvalue weighted by molar-refractivity contribution is 5.49. The zero-order chi connectivity index (χ0) is 14.5. The fourth-order valence-electron chi connectivity index (χ4n) is 2.43. The van der Waals surface area contributed by atoms with Crippen molar-refractivity contribution in [1.29, 1.82) is 0 Å². The van der Waals surface area contributed by atoms with Gasteiger partial charge in [-0.15, -0.1) is 0 Å². The predicted molar refractivity (Wildman–Crippen MR) is 88.4 cm³/mol. The Bertz CT molecular complexity index is 554. The first kappa shape index (κ1) is 14.6. The highest BCUT2D eigenvalue weighted by Crippen LogP contribution is 2.21. The van der Waals surface area contributed by atoms with Gasteiger partial charge in [-0.2, -0.15) is 0 Å². The summed E-state index contributed by atoms with van der Waals surface area (Å²) < 4.78 is 0. The molecular formula is C19H25N. The van der Waals surface area contributed by atoms with E-state index in [9.17, 15) is 0 Å². The quantitative estimate of drug-likeness (QED) is 0.761. The van der Waals surface area contributed by atoms with Gasteiger partial charge < -0.3 is 5.32 Å². The van der Waals surface area contributed by atoms with E-state index in [0.29, 0.717) is 6.04 Å². The smallest absolute Gasteiger partial charge is 0.0485 e. The summed E-state index contributed by atoms with van der Waals surface area (Å²) in [6.07, 6.45) is 2.37. The summed E-state index contributed by atoms with van der Waals surface area (Å²) in [5, 5.41) is 3.58. The molecule has 2 rings (SSSR count). The Balaban J connectivity index is 2.06. The number of anilines is 1. The van der Waals surface area contributed by atoms with E-state index in [1.165, 1.54) is 40.8 Å². The van der Waals surface area contributed by atoms with Gasteiger partial charge in [0.15, 0.2) is 0 Å². The maximum Gasteiger partial charge on any atom is 0.0485 e. The van der Waals surface area contributed by atoms with Gasteiger partial charge in [0.2, 0.25) is 0 Å². The molecule has 0 spiro atoms. The minimum atomic E-state index is 0.327. The molecule has 0 fully saturated rings. The fraction of sp³-hybridized carbons (Fsp3) is 0.368. The van der Waals surface area contributed by atoms with E-state index >= 15 is 0 Å². The normalized spacial score (nSPS) is 12.2. The first-order chi connectivity index (χ1) is 9.60. The summed E-state index contributed by atoms with van der Waals surface area (Å²) >= 11 is 0. The summed E-state index contributed by atoms with van der Waals surface area (Å²) in [4.78, 5) is 0. The van der Waals surface area contributed by atoms with Gasteiger partial charge in [0, 0.05) is 11.7 Å². The summed E-state index contributed by atoms with van der Waals surface area (Å²) in [5.74, 6) is 0. The van der Waals surface area contributed by atoms with Crippen LogP contribution in [0.4, 0.5) is 5.69 Å². The van der Waals surface area contributed by atoms with Crippen LogP contribution >= 0.6 is 0 Å². The van der Waals surface area contributed by atoms with Crippen molar-refractivity contribution in [3.05, 3.63) is 64.7 Å². The van der Waals surface area contributed by atoms with Crippen molar-refractivity contribution in [2.45, 2.75) is 46.6 Å². The Labute approximate surface area is 123 Å². The van der Waals surface area contributed by atoms with Crippen LogP contribution in [0.3, 0.4) is 0 Å². The Morgan fingerprint density at radius 2 is 1.65 bits per heavy atom. The Kier molecular flexibility index (Phi) is 4.84. The molecule has 1 atom stereocenters. The number of rotatable bonds is 5. The molecule has 0 saturated heterocycles. The van der Waals surface area contributed by atoms with Crippen molar-refractivity contribution in [3.63, 3.8) is 0 Å². The SMILES string of the molecule is CCCc1ccc(C(C)Nc2ccc(C)c(C)c2)cc1. The van der Waals surface area contributed by atoms with Crippen LogP contribution in [0.2, 0.25) is 0 Å². The monoisotopic (exact) mass is 267 g/mol. The van der Waals surface area contributed by atoms with E-state index < -0.39 is 0 Å². The third-order valence-corrected chi connectivity index (χ3v) is 3.91. The van der Waals surface area contributed by atoms with Crippen molar-refractivity contribution < 1.29 is 0 Å². The lowest BCUT2D eigenvalue weighted by Crippen LogP contribution is -2.06. The Morgan fingerprint density at radius 1 is 0.950 bits per heavy atom. The van der Waals surface area contributed by atoms with Gasteiger partial charge in [-0.05, 0) is 61.6 Å². The summed E-state index contributed by atoms with van der Waals surface area (Å²) in [5.41, 5.74) is 6.63. The molecular weight excluding hydrogens is 242 g/mol. The molecule has 2 aromatic rings. The van der Waals surface area contributed by atoms with Crippen LogP contribution in [0, 0.1) is 13.8 Å². The number of hydrogen-bond acceptors (Lipinski definition) is 1. The molecule has 1 unspecified atom stereocenters. The van der Waals surface area contributed by atoms with Crippen molar-refractivity contribution in [1.82, 2.24) is 0 Å². The highest BCUT2D eigenvalue weighted by Gasteiger charge is 2.06. The minimum absolute atomic E-state index is 0.327. The van der Waals surface area contributed by atoms with Gasteiger partial charge in [0.25, 0.3) is 0 Å². The topological polar surface area (TPSA) is 12.0 Å². The molecule has 0 radical (unpaired) electrons. The molecule has 0 bridgehead atoms. The molecule has 1 N–H and O–H groups in total. The van der Waals surface area contributed by atoms with Crippen LogP contribution in [-0.2, 0) is 6.42 Å². The molecule has 0 aliphatic rings. The molecule has 0 saturated carbocycles. The summed E-state index contributed by atoms with van der Waals surface area (Å²) in [7, 11) is 0. The third kappa shape index (κ3) is 3.63. The lowest BCUT2D eigenvalue weighted by molar-refractivity contribution is 0.876. The molecule has 0 heterocycles. The van der Waals surface area contributed by atoms with Crippen LogP contribution in [-0.4, -0.2) is 0 Å². The number of hydrogen-bond donors (Lipinski definition) is 1. The molecule has 1 heteroatoms. The molecule has 2 aromatic carbocycles. The first-order valence-electron chi connectivity index (χ1n) is 7.52. The van der Waals surface area contributed by atoms with Gasteiger partial charge >= 0.3 is 0 Å². The summed E-state index contributed by atoms with van der Waals surface area (Å²) in [6.45, 7) is 8.74. The number of benzene rings is 2. The van der Waals surface area contributed by atoms with Gasteiger partial charge in [-0.1, -0.05) is 43.7 Å². The van der Waals surface area contributed by atoms with E-state index in [-0.39, 0.29) is 0 Å². The van der Waals surface area contributed by atoms with E-state index in [2.05, 4.69) is 75.5 Å². The van der Waals surface area contributed by atoms with Gasteiger partial charge in [-0.25, -0.2) is 0 Å². The maximum absolute atomic E-state index is 3.58. The van der Waals surface area contributed by atoms with Crippen LogP contribution in [0.25, 0.3) is 0 Å². The molecule has 0 aliphatic heterocycles. The van der Waals surface area contributed by atoms with E-state index in [4.69, 9.17) is 0 Å². The minimum Gasteiger partial charge on any atom is -0.379 e. The van der Waals surface area contributed by atoms with E-state index in [0.717, 1.165) is 0 Å². The zero-order valence-corrected chi connectivity index (χ0v) is 13.0. The molecule has 0 aromatic heterocycles. The lowest BCUT2D eigenvalue weighted by atomic mass is 10.0. The van der Waals surface area contributed by atoms with Crippen LogP contribution in [0.15, 0.2) is 42.5 Å². The fourth-order valence-corrected chi connectivity index (χ4v) is 2.43. The molecule has 0 aliphatic carbocycles. The Hall–Kier alpha value is -1.76. The van der Waals surface area contributed by atoms with Gasteiger partial charge in [0.1, 0.15) is 0 Å². The molecule has 20 heavy (non-hydrogen) atoms. The second kappa shape index (κ2) is 6.60. The zero-order valence-electron chi connectivity index (χ0n) is 13.0. The van der Waals surface area contributed by atoms with Crippen LogP contribution in [0.5, 0.6) is 0 Å². The second-order valence-electron chi connectivity index (χ2n) is 5.66. The van der Waals surface area contributed by atoms with Crippen LogP contribution < -0.4 is 5.32 Å². The molecule has 1 nitrogen and oxygen atoms in total. The largest absolute Gasteiger partial charge is 0.379 e. The predicted octanol–water partition coefficient (Wildman–Crippen LogP) is 5.43. The summed E-state index contributed by atoms with van der Waals surface area (Å²) in [6, 6.07) is 15.9.